The van der Waals surface area contributed by atoms with Crippen molar-refractivity contribution < 1.29 is 21.1 Å². The van der Waals surface area contributed by atoms with Crippen LogP contribution in [0.15, 0.2) is 121 Å². The van der Waals surface area contributed by atoms with Gasteiger partial charge in [0.15, 0.2) is 0 Å². The third-order valence-electron chi connectivity index (χ3n) is 7.81. The SMILES string of the molecule is CC(C)(n1nc(-n2[c-]nc3ccccc32)cc1-c1ccccc1)n1nc(-n2[c-]nc3ccccc32)cc1-c1ccccc1.[Pt+2]. The van der Waals surface area contributed by atoms with Crippen LogP contribution in [-0.4, -0.2) is 38.7 Å². The molecule has 216 valence electrons. The predicted molar refractivity (Wildman–Crippen MR) is 167 cm³/mol. The van der Waals surface area contributed by atoms with Gasteiger partial charge in [-0.25, -0.2) is 19.6 Å². The maximum absolute atomic E-state index is 5.20. The van der Waals surface area contributed by atoms with Gasteiger partial charge in [0.2, 0.25) is 0 Å². The molecule has 9 heteroatoms. The first kappa shape index (κ1) is 27.7. The summed E-state index contributed by atoms with van der Waals surface area (Å²) in [7, 11) is 0. The Hall–Kier alpha value is -5.07. The van der Waals surface area contributed by atoms with Crippen LogP contribution in [0.4, 0.5) is 0 Å². The first-order chi connectivity index (χ1) is 21.1. The molecule has 0 N–H and O–H groups in total. The Morgan fingerprint density at radius 1 is 0.523 bits per heavy atom. The minimum absolute atomic E-state index is 0. The van der Waals surface area contributed by atoms with Crippen molar-refractivity contribution in [1.82, 2.24) is 38.7 Å². The van der Waals surface area contributed by atoms with Gasteiger partial charge in [-0.2, -0.15) is 0 Å². The summed E-state index contributed by atoms with van der Waals surface area (Å²) in [4.78, 5) is 8.99. The van der Waals surface area contributed by atoms with Crippen LogP contribution < -0.4 is 0 Å². The molecule has 44 heavy (non-hydrogen) atoms. The maximum Gasteiger partial charge on any atom is 2.00 e. The topological polar surface area (TPSA) is 71.3 Å². The van der Waals surface area contributed by atoms with Crippen molar-refractivity contribution in [3.05, 3.63) is 134 Å². The molecule has 0 spiro atoms. The van der Waals surface area contributed by atoms with E-state index in [1.54, 1.807) is 0 Å². The molecular weight excluding hydrogens is 728 g/mol. The van der Waals surface area contributed by atoms with Gasteiger partial charge in [-0.15, -0.1) is 0 Å². The van der Waals surface area contributed by atoms with Gasteiger partial charge in [0, 0.05) is 12.7 Å². The molecular formula is C35H26N8Pt. The molecule has 0 bridgehead atoms. The van der Waals surface area contributed by atoms with Crippen molar-refractivity contribution in [3.8, 4) is 34.2 Å². The Bertz CT molecular complexity index is 2060. The summed E-state index contributed by atoms with van der Waals surface area (Å²) < 4.78 is 7.90. The fourth-order valence-electron chi connectivity index (χ4n) is 5.67. The number of nitrogens with zero attached hydrogens (tertiary/aromatic N) is 8. The van der Waals surface area contributed by atoms with Gasteiger partial charge in [-0.1, -0.05) is 120 Å². The summed E-state index contributed by atoms with van der Waals surface area (Å²) in [6.45, 7) is 4.26. The Labute approximate surface area is 268 Å². The van der Waals surface area contributed by atoms with Crippen molar-refractivity contribution in [1.29, 1.82) is 0 Å². The van der Waals surface area contributed by atoms with Gasteiger partial charge in [0.25, 0.3) is 0 Å². The van der Waals surface area contributed by atoms with E-state index in [1.165, 1.54) is 0 Å². The molecule has 8 aromatic rings. The van der Waals surface area contributed by atoms with Gasteiger partial charge in [0.1, 0.15) is 5.66 Å². The molecule has 4 heterocycles. The quantitative estimate of drug-likeness (QED) is 0.173. The summed E-state index contributed by atoms with van der Waals surface area (Å²) in [5, 5.41) is 10.4. The molecule has 0 saturated heterocycles. The van der Waals surface area contributed by atoms with E-state index in [4.69, 9.17) is 10.2 Å². The zero-order chi connectivity index (χ0) is 29.0. The number of hydrogen-bond donors (Lipinski definition) is 0. The van der Waals surface area contributed by atoms with Gasteiger partial charge in [-0.05, 0) is 48.1 Å². The van der Waals surface area contributed by atoms with Gasteiger partial charge < -0.3 is 19.1 Å². The van der Waals surface area contributed by atoms with Gasteiger partial charge in [0.05, 0.1) is 23.0 Å². The van der Waals surface area contributed by atoms with Gasteiger partial charge in [-0.3, -0.25) is 0 Å². The minimum Gasteiger partial charge on any atom is -0.410 e. The third-order valence-corrected chi connectivity index (χ3v) is 7.81. The van der Waals surface area contributed by atoms with E-state index in [0.29, 0.717) is 0 Å². The van der Waals surface area contributed by atoms with E-state index in [9.17, 15) is 0 Å². The Kier molecular flexibility index (Phi) is 6.86. The second-order valence-corrected chi connectivity index (χ2v) is 10.9. The zero-order valence-electron chi connectivity index (χ0n) is 23.9. The Morgan fingerprint density at radius 3 is 1.34 bits per heavy atom. The number of imidazole rings is 2. The normalized spacial score (nSPS) is 11.7. The maximum atomic E-state index is 5.20. The van der Waals surface area contributed by atoms with Crippen LogP contribution in [0.2, 0.25) is 0 Å². The van der Waals surface area contributed by atoms with Crippen LogP contribution in [0.1, 0.15) is 13.8 Å². The van der Waals surface area contributed by atoms with E-state index in [1.807, 2.05) is 103 Å². The summed E-state index contributed by atoms with van der Waals surface area (Å²) in [6, 6.07) is 40.8. The fourth-order valence-corrected chi connectivity index (χ4v) is 5.67. The number of rotatable bonds is 6. The second-order valence-electron chi connectivity index (χ2n) is 10.9. The van der Waals surface area contributed by atoms with Crippen LogP contribution >= 0.6 is 0 Å². The Morgan fingerprint density at radius 2 is 0.909 bits per heavy atom. The van der Waals surface area contributed by atoms with Crippen LogP contribution in [0.5, 0.6) is 0 Å². The largest absolute Gasteiger partial charge is 2.00 e. The van der Waals surface area contributed by atoms with Crippen molar-refractivity contribution in [3.63, 3.8) is 0 Å². The average Bonchev–Trinajstić information content (AvgIpc) is 3.85. The molecule has 0 radical (unpaired) electrons. The van der Waals surface area contributed by atoms with Crippen LogP contribution in [-0.2, 0) is 26.7 Å². The summed E-state index contributed by atoms with van der Waals surface area (Å²) in [6.07, 6.45) is 6.29. The number of benzene rings is 4. The standard InChI is InChI=1S/C35H26N8.Pt/c1-35(2,42-31(25-13-5-3-6-14-25)21-33(38-42)40-23-36-27-17-9-11-19-29(27)40)43-32(26-15-7-4-8-16-26)22-34(39-43)41-24-37-28-18-10-12-20-30(28)41;/h3-22H,1-2H3;/q-2;+2. The third kappa shape index (κ3) is 4.50. The van der Waals surface area contributed by atoms with Crippen molar-refractivity contribution >= 4 is 22.1 Å². The molecule has 0 aliphatic carbocycles. The molecule has 8 rings (SSSR count). The molecule has 8 nitrogen and oxygen atoms in total. The van der Waals surface area contributed by atoms with Crippen LogP contribution in [0.3, 0.4) is 0 Å². The minimum atomic E-state index is -0.750. The summed E-state index contributed by atoms with van der Waals surface area (Å²) in [5.41, 5.74) is 6.85. The van der Waals surface area contributed by atoms with Crippen molar-refractivity contribution in [2.45, 2.75) is 19.5 Å². The van der Waals surface area contributed by atoms with E-state index in [0.717, 1.165) is 56.2 Å². The summed E-state index contributed by atoms with van der Waals surface area (Å²) in [5.74, 6) is 1.45. The molecule has 0 amide bonds. The molecule has 4 aromatic carbocycles. The fraction of sp³-hybridized carbons (Fsp3) is 0.0857. The average molecular weight is 754 g/mol. The van der Waals surface area contributed by atoms with E-state index in [-0.39, 0.29) is 21.1 Å². The smallest absolute Gasteiger partial charge is 0.410 e. The van der Waals surface area contributed by atoms with Crippen LogP contribution in [0, 0.1) is 12.7 Å². The monoisotopic (exact) mass is 753 g/mol. The molecule has 0 atom stereocenters. The zero-order valence-corrected chi connectivity index (χ0v) is 26.2. The number of para-hydroxylation sites is 4. The molecule has 0 fully saturated rings. The van der Waals surface area contributed by atoms with Crippen LogP contribution in [0.25, 0.3) is 56.2 Å². The van der Waals surface area contributed by atoms with E-state index in [2.05, 4.69) is 72.9 Å². The van der Waals surface area contributed by atoms with E-state index >= 15 is 0 Å². The number of aromatic nitrogens is 8. The predicted octanol–water partition coefficient (Wildman–Crippen LogP) is 6.93. The molecule has 0 aliphatic heterocycles. The molecule has 0 aliphatic rings. The Balaban J connectivity index is 0.00000312. The molecule has 0 unspecified atom stereocenters. The first-order valence-corrected chi connectivity index (χ1v) is 14.1. The number of fused-ring (bicyclic) bond motifs is 2. The van der Waals surface area contributed by atoms with Gasteiger partial charge >= 0.3 is 21.1 Å². The number of hydrogen-bond acceptors (Lipinski definition) is 4. The van der Waals surface area contributed by atoms with E-state index < -0.39 is 5.66 Å². The second kappa shape index (κ2) is 10.9. The molecule has 4 aromatic heterocycles. The van der Waals surface area contributed by atoms with Crippen molar-refractivity contribution in [2.24, 2.45) is 0 Å². The first-order valence-electron chi connectivity index (χ1n) is 14.1. The summed E-state index contributed by atoms with van der Waals surface area (Å²) >= 11 is 0. The van der Waals surface area contributed by atoms with Crippen molar-refractivity contribution in [2.75, 3.05) is 0 Å². The molecule has 0 saturated carbocycles.